The Bertz CT molecular complexity index is 808. The van der Waals surface area contributed by atoms with Gasteiger partial charge in [-0.1, -0.05) is 18.2 Å². The van der Waals surface area contributed by atoms with Crippen molar-refractivity contribution in [3.05, 3.63) is 47.7 Å². The fourth-order valence-electron chi connectivity index (χ4n) is 3.99. The number of rotatable bonds is 6. The molecule has 2 saturated heterocycles. The molecule has 1 aromatic carbocycles. The highest BCUT2D eigenvalue weighted by Crippen LogP contribution is 2.32. The molecule has 1 atom stereocenters. The standard InChI is InChI=1S/C20H28F3N3O2S/c1-19(13-24-15-25-19)14-29(27,28)12-2-9-26-10-7-17(8-11-26)16-3-5-18(6-4-16)20(21,22)23/h2-6,9,17,24-25H,7-8,10-15H2,1H3. The summed E-state index contributed by atoms with van der Waals surface area (Å²) in [6.07, 6.45) is 0.879. The van der Waals surface area contributed by atoms with E-state index in [9.17, 15) is 21.6 Å². The van der Waals surface area contributed by atoms with Gasteiger partial charge in [0.1, 0.15) is 0 Å². The van der Waals surface area contributed by atoms with E-state index in [4.69, 9.17) is 0 Å². The zero-order valence-corrected chi connectivity index (χ0v) is 17.3. The van der Waals surface area contributed by atoms with Gasteiger partial charge in [0.05, 0.1) is 17.1 Å². The van der Waals surface area contributed by atoms with Crippen LogP contribution in [0.2, 0.25) is 0 Å². The topological polar surface area (TPSA) is 61.4 Å². The van der Waals surface area contributed by atoms with Crippen molar-refractivity contribution in [1.29, 1.82) is 0 Å². The van der Waals surface area contributed by atoms with Crippen LogP contribution in [-0.4, -0.2) is 56.7 Å². The third-order valence-electron chi connectivity index (χ3n) is 5.60. The molecule has 29 heavy (non-hydrogen) atoms. The minimum Gasteiger partial charge on any atom is -0.378 e. The maximum absolute atomic E-state index is 12.7. The van der Waals surface area contributed by atoms with Gasteiger partial charge in [0.25, 0.3) is 0 Å². The van der Waals surface area contributed by atoms with Crippen LogP contribution >= 0.6 is 0 Å². The average molecular weight is 432 g/mol. The van der Waals surface area contributed by atoms with Crippen molar-refractivity contribution >= 4 is 9.84 Å². The molecular weight excluding hydrogens is 403 g/mol. The first-order chi connectivity index (χ1) is 13.6. The molecule has 5 nitrogen and oxygen atoms in total. The molecule has 0 aliphatic carbocycles. The van der Waals surface area contributed by atoms with Crippen LogP contribution in [0.3, 0.4) is 0 Å². The summed E-state index contributed by atoms with van der Waals surface area (Å²) in [5, 5.41) is 6.29. The number of benzene rings is 1. The lowest BCUT2D eigenvalue weighted by Gasteiger charge is -2.31. The smallest absolute Gasteiger partial charge is 0.378 e. The zero-order chi connectivity index (χ0) is 21.1. The van der Waals surface area contributed by atoms with Gasteiger partial charge in [-0.2, -0.15) is 13.2 Å². The predicted octanol–water partition coefficient (Wildman–Crippen LogP) is 2.72. The van der Waals surface area contributed by atoms with Gasteiger partial charge in [0, 0.05) is 31.8 Å². The summed E-state index contributed by atoms with van der Waals surface area (Å²) in [6.45, 7) is 4.67. The second-order valence-electron chi connectivity index (χ2n) is 8.21. The first-order valence-corrected chi connectivity index (χ1v) is 11.6. The van der Waals surface area contributed by atoms with E-state index in [0.29, 0.717) is 13.2 Å². The third-order valence-corrected chi connectivity index (χ3v) is 7.38. The van der Waals surface area contributed by atoms with Crippen molar-refractivity contribution in [2.45, 2.75) is 37.4 Å². The Morgan fingerprint density at radius 2 is 1.86 bits per heavy atom. The molecule has 2 aliphatic rings. The molecule has 1 unspecified atom stereocenters. The molecule has 9 heteroatoms. The highest BCUT2D eigenvalue weighted by molar-refractivity contribution is 7.91. The van der Waals surface area contributed by atoms with Crippen LogP contribution in [0.4, 0.5) is 13.2 Å². The van der Waals surface area contributed by atoms with Crippen molar-refractivity contribution < 1.29 is 21.6 Å². The summed E-state index contributed by atoms with van der Waals surface area (Å²) in [4.78, 5) is 2.08. The van der Waals surface area contributed by atoms with E-state index >= 15 is 0 Å². The van der Waals surface area contributed by atoms with Gasteiger partial charge in [-0.05, 0) is 49.6 Å². The SMILES string of the molecule is CC1(CS(=O)(=O)CC=CN2CCC(c3ccc(C(F)(F)F)cc3)CC2)CNCN1. The maximum Gasteiger partial charge on any atom is 0.416 e. The molecule has 0 spiro atoms. The van der Waals surface area contributed by atoms with E-state index in [-0.39, 0.29) is 17.4 Å². The Labute approximate surface area is 170 Å². The first-order valence-electron chi connectivity index (χ1n) is 9.80. The number of alkyl halides is 3. The van der Waals surface area contributed by atoms with Crippen LogP contribution in [0.5, 0.6) is 0 Å². The number of halogens is 3. The lowest BCUT2D eigenvalue weighted by atomic mass is 9.89. The van der Waals surface area contributed by atoms with E-state index < -0.39 is 27.1 Å². The Morgan fingerprint density at radius 1 is 1.21 bits per heavy atom. The molecule has 2 aliphatic heterocycles. The molecule has 1 aromatic rings. The van der Waals surface area contributed by atoms with Crippen molar-refractivity contribution in [2.75, 3.05) is 37.8 Å². The average Bonchev–Trinajstić information content (AvgIpc) is 3.06. The van der Waals surface area contributed by atoms with Gasteiger partial charge < -0.3 is 10.2 Å². The summed E-state index contributed by atoms with van der Waals surface area (Å²) < 4.78 is 62.8. The van der Waals surface area contributed by atoms with Gasteiger partial charge in [0.15, 0.2) is 9.84 Å². The summed E-state index contributed by atoms with van der Waals surface area (Å²) in [7, 11) is -3.20. The Hall–Kier alpha value is -1.58. The van der Waals surface area contributed by atoms with E-state index in [0.717, 1.165) is 43.6 Å². The van der Waals surface area contributed by atoms with E-state index in [1.165, 1.54) is 0 Å². The third kappa shape index (κ3) is 6.20. The second kappa shape index (κ2) is 8.65. The Morgan fingerprint density at radius 3 is 2.41 bits per heavy atom. The lowest BCUT2D eigenvalue weighted by Crippen LogP contribution is -2.46. The number of hydrogen-bond donors (Lipinski definition) is 2. The van der Waals surface area contributed by atoms with E-state index in [1.807, 2.05) is 13.1 Å². The van der Waals surface area contributed by atoms with Crippen LogP contribution in [0.25, 0.3) is 0 Å². The number of sulfone groups is 1. The van der Waals surface area contributed by atoms with Crippen LogP contribution in [-0.2, 0) is 16.0 Å². The molecule has 0 bridgehead atoms. The molecule has 0 radical (unpaired) electrons. The normalized spacial score (nSPS) is 24.5. The summed E-state index contributed by atoms with van der Waals surface area (Å²) in [6, 6.07) is 5.42. The number of nitrogens with zero attached hydrogens (tertiary/aromatic N) is 1. The summed E-state index contributed by atoms with van der Waals surface area (Å²) >= 11 is 0. The minimum atomic E-state index is -4.31. The Kier molecular flexibility index (Phi) is 6.60. The second-order valence-corrected chi connectivity index (χ2v) is 10.3. The Balaban J connectivity index is 1.47. The molecule has 3 rings (SSSR count). The van der Waals surface area contributed by atoms with Gasteiger partial charge >= 0.3 is 6.18 Å². The summed E-state index contributed by atoms with van der Waals surface area (Å²) in [5.41, 5.74) is -0.123. The predicted molar refractivity (Wildman–Crippen MR) is 107 cm³/mol. The zero-order valence-electron chi connectivity index (χ0n) is 16.5. The van der Waals surface area contributed by atoms with Crippen molar-refractivity contribution in [3.8, 4) is 0 Å². The monoisotopic (exact) mass is 431 g/mol. The quantitative estimate of drug-likeness (QED) is 0.725. The largest absolute Gasteiger partial charge is 0.416 e. The number of hydrogen-bond acceptors (Lipinski definition) is 5. The van der Waals surface area contributed by atoms with E-state index in [1.54, 1.807) is 18.2 Å². The van der Waals surface area contributed by atoms with Crippen LogP contribution in [0.15, 0.2) is 36.5 Å². The van der Waals surface area contributed by atoms with E-state index in [2.05, 4.69) is 15.5 Å². The minimum absolute atomic E-state index is 0.00308. The van der Waals surface area contributed by atoms with Gasteiger partial charge in [-0.3, -0.25) is 5.32 Å². The molecular formula is C20H28F3N3O2S. The van der Waals surface area contributed by atoms with Crippen molar-refractivity contribution in [2.24, 2.45) is 0 Å². The van der Waals surface area contributed by atoms with Crippen LogP contribution in [0.1, 0.15) is 36.8 Å². The van der Waals surface area contributed by atoms with Crippen LogP contribution < -0.4 is 10.6 Å². The van der Waals surface area contributed by atoms with Gasteiger partial charge in [-0.25, -0.2) is 8.42 Å². The molecule has 2 N–H and O–H groups in total. The fraction of sp³-hybridized carbons (Fsp3) is 0.600. The number of likely N-dealkylation sites (tertiary alicyclic amines) is 1. The van der Waals surface area contributed by atoms with Crippen molar-refractivity contribution in [3.63, 3.8) is 0 Å². The lowest BCUT2D eigenvalue weighted by molar-refractivity contribution is -0.137. The first kappa shape index (κ1) is 22.1. The molecule has 0 saturated carbocycles. The number of piperidine rings is 1. The molecule has 2 fully saturated rings. The molecule has 162 valence electrons. The highest BCUT2D eigenvalue weighted by atomic mass is 32.2. The van der Waals surface area contributed by atoms with Gasteiger partial charge in [0.2, 0.25) is 0 Å². The summed E-state index contributed by atoms with van der Waals surface area (Å²) in [5.74, 6) is 0.322. The molecule has 2 heterocycles. The van der Waals surface area contributed by atoms with Gasteiger partial charge in [-0.15, -0.1) is 0 Å². The molecule has 0 aromatic heterocycles. The maximum atomic E-state index is 12.7. The van der Waals surface area contributed by atoms with Crippen molar-refractivity contribution in [1.82, 2.24) is 15.5 Å². The highest BCUT2D eigenvalue weighted by Gasteiger charge is 2.33. The molecule has 0 amide bonds. The number of nitrogens with one attached hydrogen (secondary N) is 2. The fourth-order valence-corrected chi connectivity index (χ4v) is 5.66. The van der Waals surface area contributed by atoms with Crippen LogP contribution in [0, 0.1) is 0 Å².